The third-order valence-corrected chi connectivity index (χ3v) is 4.00. The fraction of sp³-hybridized carbons (Fsp3) is 1.00. The first kappa shape index (κ1) is 18.3. The van der Waals surface area contributed by atoms with Crippen LogP contribution in [0.5, 0.6) is 0 Å². The summed E-state index contributed by atoms with van der Waals surface area (Å²) < 4.78 is 0. The van der Waals surface area contributed by atoms with Crippen LogP contribution in [0, 0.1) is 5.92 Å². The summed E-state index contributed by atoms with van der Waals surface area (Å²) in [6, 6.07) is 0. The summed E-state index contributed by atoms with van der Waals surface area (Å²) in [6.07, 6.45) is 14.4. The second-order valence-corrected chi connectivity index (χ2v) is 6.32. The Morgan fingerprint density at radius 1 is 0.722 bits per heavy atom. The third-order valence-electron chi connectivity index (χ3n) is 3.68. The van der Waals surface area contributed by atoms with Crippen LogP contribution in [0.25, 0.3) is 0 Å². The van der Waals surface area contributed by atoms with Gasteiger partial charge in [0.05, 0.1) is 6.10 Å². The predicted molar refractivity (Wildman–Crippen MR) is 85.5 cm³/mol. The maximum Gasteiger partial charge on any atom is 0.0512 e. The van der Waals surface area contributed by atoms with Gasteiger partial charge >= 0.3 is 0 Å². The van der Waals surface area contributed by atoms with Gasteiger partial charge in [-0.25, -0.2) is 0 Å². The number of rotatable bonds is 13. The number of thiol groups is 1. The Kier molecular flexibility index (Phi) is 14.0. The first-order valence-corrected chi connectivity index (χ1v) is 8.59. The first-order chi connectivity index (χ1) is 8.66. The summed E-state index contributed by atoms with van der Waals surface area (Å²) in [6.45, 7) is 4.21. The molecule has 0 amide bonds. The van der Waals surface area contributed by atoms with Crippen LogP contribution in [0.1, 0.15) is 84.5 Å². The Hall–Kier alpha value is 0.310. The Bertz CT molecular complexity index is 159. The molecule has 0 aromatic rings. The Labute approximate surface area is 120 Å². The Balaban J connectivity index is 3.10. The van der Waals surface area contributed by atoms with E-state index in [1.165, 1.54) is 64.2 Å². The summed E-state index contributed by atoms with van der Waals surface area (Å²) in [5, 5.41) is 9.23. The molecular weight excluding hydrogens is 240 g/mol. The molecule has 0 aliphatic carbocycles. The normalized spacial score (nSPS) is 14.7. The van der Waals surface area contributed by atoms with Crippen molar-refractivity contribution in [3.63, 3.8) is 0 Å². The van der Waals surface area contributed by atoms with Gasteiger partial charge in [0.2, 0.25) is 0 Å². The van der Waals surface area contributed by atoms with Gasteiger partial charge in [-0.05, 0) is 37.9 Å². The van der Waals surface area contributed by atoms with Crippen molar-refractivity contribution in [1.82, 2.24) is 0 Å². The lowest BCUT2D eigenvalue weighted by Gasteiger charge is -2.12. The molecule has 0 spiro atoms. The number of unbranched alkanes of at least 4 members (excludes halogenated alkanes) is 7. The van der Waals surface area contributed by atoms with Crippen molar-refractivity contribution in [2.45, 2.75) is 90.6 Å². The van der Waals surface area contributed by atoms with Crippen molar-refractivity contribution in [3.05, 3.63) is 0 Å². The van der Waals surface area contributed by atoms with Gasteiger partial charge in [-0.1, -0.05) is 58.3 Å². The topological polar surface area (TPSA) is 20.2 Å². The van der Waals surface area contributed by atoms with E-state index >= 15 is 0 Å². The monoisotopic (exact) mass is 274 g/mol. The molecule has 0 fully saturated rings. The standard InChI is InChI=1S/C16H34OS/c1-15(12-13-16(2)17)11-9-7-5-3-4-6-8-10-14-18/h15-18H,3-14H2,1-2H3. The maximum atomic E-state index is 9.23. The minimum atomic E-state index is -0.121. The highest BCUT2D eigenvalue weighted by molar-refractivity contribution is 7.80. The molecule has 1 N–H and O–H groups in total. The Morgan fingerprint density at radius 3 is 1.72 bits per heavy atom. The molecular formula is C16H34OS. The van der Waals surface area contributed by atoms with E-state index in [9.17, 15) is 5.11 Å². The van der Waals surface area contributed by atoms with E-state index in [0.29, 0.717) is 0 Å². The molecule has 0 bridgehead atoms. The van der Waals surface area contributed by atoms with Crippen molar-refractivity contribution in [2.24, 2.45) is 5.92 Å². The number of hydrogen-bond acceptors (Lipinski definition) is 2. The lowest BCUT2D eigenvalue weighted by atomic mass is 9.96. The minimum absolute atomic E-state index is 0.121. The zero-order valence-electron chi connectivity index (χ0n) is 12.5. The summed E-state index contributed by atoms with van der Waals surface area (Å²) in [4.78, 5) is 0. The molecule has 2 atom stereocenters. The Morgan fingerprint density at radius 2 is 1.22 bits per heavy atom. The van der Waals surface area contributed by atoms with Gasteiger partial charge in [0, 0.05) is 0 Å². The predicted octanol–water partition coefficient (Wildman–Crippen LogP) is 5.22. The van der Waals surface area contributed by atoms with Gasteiger partial charge in [-0.2, -0.15) is 12.6 Å². The average molecular weight is 275 g/mol. The smallest absolute Gasteiger partial charge is 0.0512 e. The van der Waals surface area contributed by atoms with E-state index in [4.69, 9.17) is 0 Å². The molecule has 0 aliphatic heterocycles. The van der Waals surface area contributed by atoms with E-state index in [-0.39, 0.29) is 6.10 Å². The molecule has 110 valence electrons. The molecule has 0 aromatic heterocycles. The lowest BCUT2D eigenvalue weighted by Crippen LogP contribution is -2.03. The second-order valence-electron chi connectivity index (χ2n) is 5.87. The summed E-state index contributed by atoms with van der Waals surface area (Å²) in [5.74, 6) is 1.83. The summed E-state index contributed by atoms with van der Waals surface area (Å²) in [7, 11) is 0. The van der Waals surface area contributed by atoms with Crippen LogP contribution in [-0.4, -0.2) is 17.0 Å². The highest BCUT2D eigenvalue weighted by Crippen LogP contribution is 2.17. The SMILES string of the molecule is CC(O)CCC(C)CCCCCCCCCCS. The van der Waals surface area contributed by atoms with Crippen molar-refractivity contribution in [1.29, 1.82) is 0 Å². The minimum Gasteiger partial charge on any atom is -0.393 e. The number of aliphatic hydroxyl groups is 1. The zero-order chi connectivity index (χ0) is 13.6. The first-order valence-electron chi connectivity index (χ1n) is 7.95. The van der Waals surface area contributed by atoms with Gasteiger partial charge in [-0.3, -0.25) is 0 Å². The van der Waals surface area contributed by atoms with Crippen LogP contribution >= 0.6 is 12.6 Å². The second kappa shape index (κ2) is 13.7. The molecule has 18 heavy (non-hydrogen) atoms. The maximum absolute atomic E-state index is 9.23. The lowest BCUT2D eigenvalue weighted by molar-refractivity contribution is 0.173. The van der Waals surface area contributed by atoms with Crippen molar-refractivity contribution < 1.29 is 5.11 Å². The zero-order valence-corrected chi connectivity index (χ0v) is 13.4. The van der Waals surface area contributed by atoms with E-state index in [0.717, 1.165) is 18.1 Å². The molecule has 0 aromatic carbocycles. The fourth-order valence-corrected chi connectivity index (χ4v) is 2.56. The van der Waals surface area contributed by atoms with Crippen LogP contribution in [0.15, 0.2) is 0 Å². The van der Waals surface area contributed by atoms with Crippen LogP contribution < -0.4 is 0 Å². The molecule has 0 saturated heterocycles. The highest BCUT2D eigenvalue weighted by atomic mass is 32.1. The third kappa shape index (κ3) is 14.4. The van der Waals surface area contributed by atoms with Crippen molar-refractivity contribution >= 4 is 12.6 Å². The largest absolute Gasteiger partial charge is 0.393 e. The van der Waals surface area contributed by atoms with Crippen LogP contribution in [0.2, 0.25) is 0 Å². The van der Waals surface area contributed by atoms with E-state index < -0.39 is 0 Å². The molecule has 0 aliphatic rings. The number of hydrogen-bond donors (Lipinski definition) is 2. The van der Waals surface area contributed by atoms with Gasteiger partial charge in [0.25, 0.3) is 0 Å². The fourth-order valence-electron chi connectivity index (χ4n) is 2.34. The van der Waals surface area contributed by atoms with E-state index in [2.05, 4.69) is 19.6 Å². The van der Waals surface area contributed by atoms with Crippen LogP contribution in [-0.2, 0) is 0 Å². The molecule has 2 heteroatoms. The van der Waals surface area contributed by atoms with E-state index in [1.807, 2.05) is 6.92 Å². The molecule has 0 rings (SSSR count). The average Bonchev–Trinajstić information content (AvgIpc) is 2.34. The molecule has 0 radical (unpaired) electrons. The van der Waals surface area contributed by atoms with Gasteiger partial charge in [-0.15, -0.1) is 0 Å². The van der Waals surface area contributed by atoms with Crippen LogP contribution in [0.4, 0.5) is 0 Å². The quantitative estimate of drug-likeness (QED) is 0.348. The van der Waals surface area contributed by atoms with Crippen molar-refractivity contribution in [2.75, 3.05) is 5.75 Å². The van der Waals surface area contributed by atoms with Gasteiger partial charge in [0.1, 0.15) is 0 Å². The van der Waals surface area contributed by atoms with Crippen LogP contribution in [0.3, 0.4) is 0 Å². The van der Waals surface area contributed by atoms with Gasteiger partial charge < -0.3 is 5.11 Å². The number of aliphatic hydroxyl groups excluding tert-OH is 1. The molecule has 0 saturated carbocycles. The van der Waals surface area contributed by atoms with Gasteiger partial charge in [0.15, 0.2) is 0 Å². The summed E-state index contributed by atoms with van der Waals surface area (Å²) in [5.41, 5.74) is 0. The summed E-state index contributed by atoms with van der Waals surface area (Å²) >= 11 is 4.22. The van der Waals surface area contributed by atoms with E-state index in [1.54, 1.807) is 0 Å². The highest BCUT2D eigenvalue weighted by Gasteiger charge is 2.04. The molecule has 2 unspecified atom stereocenters. The molecule has 0 heterocycles. The van der Waals surface area contributed by atoms with Crippen molar-refractivity contribution in [3.8, 4) is 0 Å². The molecule has 1 nitrogen and oxygen atoms in total.